The topological polar surface area (TPSA) is 66.5 Å². The quantitative estimate of drug-likeness (QED) is 0.457. The molecule has 0 saturated heterocycles. The molecule has 0 aliphatic rings. The van der Waals surface area contributed by atoms with E-state index in [1.807, 2.05) is 0 Å². The summed E-state index contributed by atoms with van der Waals surface area (Å²) in [6.07, 6.45) is 0.247. The summed E-state index contributed by atoms with van der Waals surface area (Å²) >= 11 is 0. The summed E-state index contributed by atoms with van der Waals surface area (Å²) in [5.74, 6) is -1.74. The first-order valence-corrected chi connectivity index (χ1v) is 3.05. The van der Waals surface area contributed by atoms with Gasteiger partial charge in [-0.25, -0.2) is 0 Å². The Kier molecular flexibility index (Phi) is 2.22. The second-order valence-electron chi connectivity index (χ2n) is 2.89. The third-order valence-electron chi connectivity index (χ3n) is 1.52. The molecule has 3 heteroatoms. The van der Waals surface area contributed by atoms with Crippen molar-refractivity contribution in [3.63, 3.8) is 0 Å². The zero-order valence-corrected chi connectivity index (χ0v) is 6.18. The van der Waals surface area contributed by atoms with E-state index in [0.29, 0.717) is 0 Å². The molecule has 0 saturated carbocycles. The molecule has 0 fully saturated rings. The van der Waals surface area contributed by atoms with Crippen LogP contribution < -0.4 is 5.73 Å². The lowest BCUT2D eigenvalue weighted by atomic mass is 9.93. The number of nitrogens with two attached hydrogens (primary N) is 1. The van der Waals surface area contributed by atoms with Crippen molar-refractivity contribution in [3.8, 4) is 0 Å². The Hall–Kier alpha value is -0.120. The molecule has 0 heterocycles. The van der Waals surface area contributed by atoms with Gasteiger partial charge in [-0.05, 0) is 13.8 Å². The van der Waals surface area contributed by atoms with Gasteiger partial charge in [-0.2, -0.15) is 0 Å². The van der Waals surface area contributed by atoms with Crippen molar-refractivity contribution in [2.75, 3.05) is 0 Å². The molecule has 4 N–H and O–H groups in total. The van der Waals surface area contributed by atoms with Gasteiger partial charge in [-0.15, -0.1) is 0 Å². The van der Waals surface area contributed by atoms with Crippen molar-refractivity contribution in [3.05, 3.63) is 0 Å². The lowest BCUT2D eigenvalue weighted by Gasteiger charge is -2.33. The molecule has 9 heavy (non-hydrogen) atoms. The fourth-order valence-electron chi connectivity index (χ4n) is 0.456. The molecule has 0 spiro atoms. The van der Waals surface area contributed by atoms with Crippen molar-refractivity contribution in [2.45, 2.75) is 38.5 Å². The Labute approximate surface area is 55.5 Å². The van der Waals surface area contributed by atoms with E-state index in [9.17, 15) is 0 Å². The van der Waals surface area contributed by atoms with Gasteiger partial charge in [-0.1, -0.05) is 6.92 Å². The molecule has 56 valence electrons. The average Bonchev–Trinajstić information content (AvgIpc) is 1.64. The van der Waals surface area contributed by atoms with Gasteiger partial charge in [0.15, 0.2) is 5.79 Å². The molecule has 0 rings (SSSR count). The van der Waals surface area contributed by atoms with E-state index >= 15 is 0 Å². The molecule has 0 aliphatic heterocycles. The van der Waals surface area contributed by atoms with Gasteiger partial charge in [0.05, 0.1) is 5.54 Å². The van der Waals surface area contributed by atoms with Crippen molar-refractivity contribution >= 4 is 0 Å². The van der Waals surface area contributed by atoms with Crippen LogP contribution in [0, 0.1) is 0 Å². The largest absolute Gasteiger partial charge is 0.364 e. The highest BCUT2D eigenvalue weighted by Gasteiger charge is 2.36. The first-order valence-electron chi connectivity index (χ1n) is 3.05. The smallest absolute Gasteiger partial charge is 0.180 e. The Morgan fingerprint density at radius 2 is 1.67 bits per heavy atom. The van der Waals surface area contributed by atoms with Crippen molar-refractivity contribution in [1.82, 2.24) is 0 Å². The zero-order chi connectivity index (χ0) is 7.71. The van der Waals surface area contributed by atoms with Crippen LogP contribution in [0.5, 0.6) is 0 Å². The third-order valence-corrected chi connectivity index (χ3v) is 1.52. The molecule has 0 unspecified atom stereocenters. The van der Waals surface area contributed by atoms with Gasteiger partial charge >= 0.3 is 0 Å². The molecular formula is C6H15NO2. The van der Waals surface area contributed by atoms with Crippen LogP contribution in [0.1, 0.15) is 27.2 Å². The number of hydrogen-bond donors (Lipinski definition) is 3. The minimum Gasteiger partial charge on any atom is -0.364 e. The summed E-state index contributed by atoms with van der Waals surface area (Å²) in [6, 6.07) is 0. The van der Waals surface area contributed by atoms with E-state index < -0.39 is 11.3 Å². The van der Waals surface area contributed by atoms with E-state index in [1.165, 1.54) is 0 Å². The normalized spacial score (nSPS) is 14.0. The fourth-order valence-corrected chi connectivity index (χ4v) is 0.456. The number of rotatable bonds is 2. The SMILES string of the molecule is CCC(O)(O)C(C)(C)N. The Balaban J connectivity index is 4.14. The van der Waals surface area contributed by atoms with E-state index in [1.54, 1.807) is 20.8 Å². The molecule has 0 radical (unpaired) electrons. The van der Waals surface area contributed by atoms with Gasteiger partial charge in [0.2, 0.25) is 0 Å². The molecule has 0 bridgehead atoms. The molecule has 0 amide bonds. The highest BCUT2D eigenvalue weighted by atomic mass is 16.5. The van der Waals surface area contributed by atoms with Gasteiger partial charge in [-0.3, -0.25) is 0 Å². The zero-order valence-electron chi connectivity index (χ0n) is 6.18. The molecule has 0 aromatic rings. The molecule has 0 atom stereocenters. The lowest BCUT2D eigenvalue weighted by molar-refractivity contribution is -0.202. The molecule has 3 nitrogen and oxygen atoms in total. The molecule has 0 aliphatic carbocycles. The predicted octanol–water partition coefficient (Wildman–Crippen LogP) is -0.185. The van der Waals surface area contributed by atoms with Crippen LogP contribution in [-0.2, 0) is 0 Å². The molecular weight excluding hydrogens is 118 g/mol. The first kappa shape index (κ1) is 8.88. The van der Waals surface area contributed by atoms with Crippen molar-refractivity contribution in [1.29, 1.82) is 0 Å². The minimum absolute atomic E-state index is 0.247. The number of hydrogen-bond acceptors (Lipinski definition) is 3. The summed E-state index contributed by atoms with van der Waals surface area (Å²) in [5.41, 5.74) is 4.48. The standard InChI is InChI=1S/C6H15NO2/c1-4-6(8,9)5(2,3)7/h8-9H,4,7H2,1-3H3. The first-order chi connectivity index (χ1) is 3.81. The fraction of sp³-hybridized carbons (Fsp3) is 1.00. The van der Waals surface area contributed by atoms with Crippen molar-refractivity contribution < 1.29 is 10.2 Å². The van der Waals surface area contributed by atoms with Crippen LogP contribution >= 0.6 is 0 Å². The Morgan fingerprint density at radius 3 is 1.67 bits per heavy atom. The van der Waals surface area contributed by atoms with Crippen LogP contribution in [0.25, 0.3) is 0 Å². The third kappa shape index (κ3) is 1.93. The van der Waals surface area contributed by atoms with Crippen LogP contribution in [0.3, 0.4) is 0 Å². The molecule has 0 aromatic carbocycles. The highest BCUT2D eigenvalue weighted by Crippen LogP contribution is 2.18. The van der Waals surface area contributed by atoms with Gasteiger partial charge in [0, 0.05) is 6.42 Å². The highest BCUT2D eigenvalue weighted by molar-refractivity contribution is 4.86. The maximum atomic E-state index is 9.09. The predicted molar refractivity (Wildman–Crippen MR) is 35.7 cm³/mol. The molecule has 0 aromatic heterocycles. The maximum absolute atomic E-state index is 9.09. The van der Waals surface area contributed by atoms with E-state index in [2.05, 4.69) is 0 Å². The summed E-state index contributed by atoms with van der Waals surface area (Å²) < 4.78 is 0. The van der Waals surface area contributed by atoms with E-state index in [-0.39, 0.29) is 6.42 Å². The second-order valence-corrected chi connectivity index (χ2v) is 2.89. The monoisotopic (exact) mass is 133 g/mol. The lowest BCUT2D eigenvalue weighted by Crippen LogP contribution is -2.56. The van der Waals surface area contributed by atoms with Gasteiger partial charge < -0.3 is 15.9 Å². The Bertz CT molecular complexity index is 93.7. The van der Waals surface area contributed by atoms with Crippen LogP contribution in [-0.4, -0.2) is 21.5 Å². The summed E-state index contributed by atoms with van der Waals surface area (Å²) in [6.45, 7) is 4.83. The Morgan fingerprint density at radius 1 is 1.33 bits per heavy atom. The van der Waals surface area contributed by atoms with E-state index in [4.69, 9.17) is 15.9 Å². The van der Waals surface area contributed by atoms with Crippen LogP contribution in [0.4, 0.5) is 0 Å². The van der Waals surface area contributed by atoms with Crippen LogP contribution in [0.15, 0.2) is 0 Å². The van der Waals surface area contributed by atoms with E-state index in [0.717, 1.165) is 0 Å². The maximum Gasteiger partial charge on any atom is 0.180 e. The van der Waals surface area contributed by atoms with Crippen LogP contribution in [0.2, 0.25) is 0 Å². The van der Waals surface area contributed by atoms with Gasteiger partial charge in [0.25, 0.3) is 0 Å². The minimum atomic E-state index is -1.74. The van der Waals surface area contributed by atoms with Gasteiger partial charge in [0.1, 0.15) is 0 Å². The summed E-state index contributed by atoms with van der Waals surface area (Å²) in [4.78, 5) is 0. The summed E-state index contributed by atoms with van der Waals surface area (Å²) in [5, 5.41) is 18.2. The van der Waals surface area contributed by atoms with Crippen molar-refractivity contribution in [2.24, 2.45) is 5.73 Å². The average molecular weight is 133 g/mol. The number of aliphatic hydroxyl groups is 2. The second kappa shape index (κ2) is 2.25. The summed E-state index contributed by atoms with van der Waals surface area (Å²) in [7, 11) is 0.